The summed E-state index contributed by atoms with van der Waals surface area (Å²) in [6.45, 7) is 0. The van der Waals surface area contributed by atoms with Crippen LogP contribution in [-0.2, 0) is 4.79 Å². The van der Waals surface area contributed by atoms with E-state index in [9.17, 15) is 4.79 Å². The predicted molar refractivity (Wildman–Crippen MR) is 62.3 cm³/mol. The summed E-state index contributed by atoms with van der Waals surface area (Å²) in [5, 5.41) is 2.30. The molecule has 2 aliphatic carbocycles. The third kappa shape index (κ3) is 1.37. The topological polar surface area (TPSA) is 17.1 Å². The number of allylic oxidation sites excluding steroid dienone is 2. The minimum atomic E-state index is 0.0752. The van der Waals surface area contributed by atoms with E-state index in [2.05, 4.69) is 30.4 Å². The molecule has 0 saturated carbocycles. The molecule has 1 heteroatoms. The lowest BCUT2D eigenvalue weighted by Crippen LogP contribution is -2.20. The summed E-state index contributed by atoms with van der Waals surface area (Å²) < 4.78 is 0. The summed E-state index contributed by atoms with van der Waals surface area (Å²) in [7, 11) is 0. The van der Waals surface area contributed by atoms with Crippen molar-refractivity contribution < 1.29 is 4.79 Å². The van der Waals surface area contributed by atoms with Gasteiger partial charge in [0, 0.05) is 0 Å². The number of ketones is 1. The van der Waals surface area contributed by atoms with Crippen LogP contribution in [0.2, 0.25) is 0 Å². The third-order valence-corrected chi connectivity index (χ3v) is 2.78. The molecule has 0 N–H and O–H groups in total. The highest BCUT2D eigenvalue weighted by Gasteiger charge is 2.04. The molecule has 0 fully saturated rings. The van der Waals surface area contributed by atoms with E-state index in [1.165, 1.54) is 10.8 Å². The highest BCUT2D eigenvalue weighted by molar-refractivity contribution is 6.16. The zero-order valence-corrected chi connectivity index (χ0v) is 8.23. The lowest BCUT2D eigenvalue weighted by molar-refractivity contribution is -0.109. The van der Waals surface area contributed by atoms with Crippen LogP contribution in [0.1, 0.15) is 17.5 Å². The summed E-state index contributed by atoms with van der Waals surface area (Å²) in [5.74, 6) is 0.0752. The lowest BCUT2D eigenvalue weighted by Gasteiger charge is -2.06. The maximum absolute atomic E-state index is 11.2. The smallest absolute Gasteiger partial charge is 0.179 e. The third-order valence-electron chi connectivity index (χ3n) is 2.78. The molecular weight excluding hydrogens is 184 g/mol. The summed E-state index contributed by atoms with van der Waals surface area (Å²) in [6, 6.07) is 4.23. The summed E-state index contributed by atoms with van der Waals surface area (Å²) >= 11 is 0. The molecule has 1 aromatic rings. The maximum Gasteiger partial charge on any atom is 0.179 e. The molecule has 0 aromatic heterocycles. The normalized spacial score (nSPS) is 16.4. The number of fused-ring (bicyclic) bond motifs is 2. The predicted octanol–water partition coefficient (Wildman–Crippen LogP) is 1.26. The van der Waals surface area contributed by atoms with E-state index < -0.39 is 0 Å². The monoisotopic (exact) mass is 194 g/mol. The van der Waals surface area contributed by atoms with Gasteiger partial charge in [-0.1, -0.05) is 24.3 Å². The zero-order valence-electron chi connectivity index (χ0n) is 8.23. The molecule has 0 spiro atoms. The molecular formula is C14H10O. The summed E-state index contributed by atoms with van der Waals surface area (Å²) in [4.78, 5) is 11.2. The average Bonchev–Trinajstić information content (AvgIpc) is 2.26. The molecule has 72 valence electrons. The van der Waals surface area contributed by atoms with Crippen LogP contribution in [0.25, 0.3) is 24.3 Å². The van der Waals surface area contributed by atoms with Gasteiger partial charge in [0.15, 0.2) is 5.78 Å². The van der Waals surface area contributed by atoms with Crippen molar-refractivity contribution in [3.8, 4) is 0 Å². The number of rotatable bonds is 0. The second-order valence-corrected chi connectivity index (χ2v) is 3.83. The number of hydrogen-bond donors (Lipinski definition) is 0. The van der Waals surface area contributed by atoms with E-state index in [0.717, 1.165) is 17.2 Å². The lowest BCUT2D eigenvalue weighted by atomic mass is 9.98. The van der Waals surface area contributed by atoms with Gasteiger partial charge in [-0.25, -0.2) is 0 Å². The van der Waals surface area contributed by atoms with Crippen molar-refractivity contribution in [1.82, 2.24) is 0 Å². The maximum atomic E-state index is 11.2. The summed E-state index contributed by atoms with van der Waals surface area (Å²) in [5.41, 5.74) is 2.35. The van der Waals surface area contributed by atoms with E-state index in [1.807, 2.05) is 6.08 Å². The zero-order chi connectivity index (χ0) is 10.3. The van der Waals surface area contributed by atoms with Crippen LogP contribution in [0.15, 0.2) is 24.3 Å². The van der Waals surface area contributed by atoms with Crippen LogP contribution in [0.3, 0.4) is 0 Å². The molecule has 2 aliphatic rings. The van der Waals surface area contributed by atoms with E-state index in [1.54, 1.807) is 12.2 Å². The molecule has 0 amide bonds. The Hall–Kier alpha value is -1.89. The van der Waals surface area contributed by atoms with Gasteiger partial charge in [-0.3, -0.25) is 4.79 Å². The molecule has 1 aromatic carbocycles. The van der Waals surface area contributed by atoms with Crippen molar-refractivity contribution in [2.24, 2.45) is 0 Å². The van der Waals surface area contributed by atoms with Crippen LogP contribution in [0.5, 0.6) is 0 Å². The Kier molecular flexibility index (Phi) is 1.72. The molecule has 0 heterocycles. The van der Waals surface area contributed by atoms with E-state index >= 15 is 0 Å². The highest BCUT2D eigenvalue weighted by Crippen LogP contribution is 2.06. The van der Waals surface area contributed by atoms with Gasteiger partial charge in [0.2, 0.25) is 0 Å². The molecule has 0 aliphatic heterocycles. The van der Waals surface area contributed by atoms with Gasteiger partial charge in [0.25, 0.3) is 0 Å². The molecule has 0 unspecified atom stereocenters. The minimum absolute atomic E-state index is 0.0752. The second kappa shape index (κ2) is 3.06. The first-order chi connectivity index (χ1) is 7.33. The minimum Gasteiger partial charge on any atom is -0.290 e. The van der Waals surface area contributed by atoms with Crippen molar-refractivity contribution >= 4 is 30.1 Å². The molecule has 1 nitrogen and oxygen atoms in total. The summed E-state index contributed by atoms with van der Waals surface area (Å²) in [6.07, 6.45) is 12.7. The Bertz CT molecular complexity index is 615. The van der Waals surface area contributed by atoms with E-state index in [0.29, 0.717) is 0 Å². The van der Waals surface area contributed by atoms with E-state index in [4.69, 9.17) is 0 Å². The Morgan fingerprint density at radius 1 is 0.933 bits per heavy atom. The van der Waals surface area contributed by atoms with E-state index in [-0.39, 0.29) is 5.78 Å². The first-order valence-electron chi connectivity index (χ1n) is 5.07. The van der Waals surface area contributed by atoms with Gasteiger partial charge in [-0.05, 0) is 52.3 Å². The number of carbonyl (C=O) groups excluding carboxylic acids is 1. The fraction of sp³-hybridized carbons (Fsp3) is 0.0714. The fourth-order valence-corrected chi connectivity index (χ4v) is 2.02. The van der Waals surface area contributed by atoms with Gasteiger partial charge < -0.3 is 0 Å². The number of benzene rings is 1. The van der Waals surface area contributed by atoms with Crippen molar-refractivity contribution in [2.75, 3.05) is 0 Å². The highest BCUT2D eigenvalue weighted by atomic mass is 16.1. The standard InChI is InChI=1S/C14H10O/c15-14-6-5-12-7-10-3-1-2-4-11(10)8-13(12)9-14/h2-9H,1H2. The molecule has 0 radical (unpaired) electrons. The van der Waals surface area contributed by atoms with Crippen molar-refractivity contribution in [3.63, 3.8) is 0 Å². The average molecular weight is 194 g/mol. The van der Waals surface area contributed by atoms with Crippen LogP contribution in [0.4, 0.5) is 0 Å². The van der Waals surface area contributed by atoms with Crippen LogP contribution in [-0.4, -0.2) is 5.78 Å². The molecule has 0 saturated heterocycles. The second-order valence-electron chi connectivity index (χ2n) is 3.83. The largest absolute Gasteiger partial charge is 0.290 e. The number of hydrogen-bond acceptors (Lipinski definition) is 1. The van der Waals surface area contributed by atoms with Gasteiger partial charge in [0.1, 0.15) is 0 Å². The Balaban J connectivity index is 2.38. The van der Waals surface area contributed by atoms with Gasteiger partial charge in [0.05, 0.1) is 0 Å². The molecule has 3 rings (SSSR count). The van der Waals surface area contributed by atoms with Crippen molar-refractivity contribution in [1.29, 1.82) is 0 Å². The SMILES string of the molecule is O=C1C=Cc2cc3c(cc2=C1)C=CCC=3. The quantitative estimate of drug-likeness (QED) is 0.607. The van der Waals surface area contributed by atoms with Crippen molar-refractivity contribution in [3.05, 3.63) is 45.8 Å². The Labute approximate surface area is 87.7 Å². The van der Waals surface area contributed by atoms with Crippen LogP contribution >= 0.6 is 0 Å². The number of carbonyl (C=O) groups is 1. The van der Waals surface area contributed by atoms with Gasteiger partial charge in [-0.15, -0.1) is 0 Å². The van der Waals surface area contributed by atoms with Gasteiger partial charge in [-0.2, -0.15) is 0 Å². The van der Waals surface area contributed by atoms with Gasteiger partial charge >= 0.3 is 0 Å². The Morgan fingerprint density at radius 2 is 1.73 bits per heavy atom. The van der Waals surface area contributed by atoms with Crippen LogP contribution < -0.4 is 10.4 Å². The van der Waals surface area contributed by atoms with Crippen molar-refractivity contribution in [2.45, 2.75) is 6.42 Å². The first-order valence-corrected chi connectivity index (χ1v) is 5.07. The van der Waals surface area contributed by atoms with Crippen LogP contribution in [0, 0.1) is 0 Å². The first kappa shape index (κ1) is 8.42. The molecule has 0 bridgehead atoms. The molecule has 0 atom stereocenters. The fourth-order valence-electron chi connectivity index (χ4n) is 2.02. The molecule has 15 heavy (non-hydrogen) atoms. The Morgan fingerprint density at radius 3 is 2.67 bits per heavy atom.